The number of aliphatic hydroxyl groups excluding tert-OH is 2. The minimum atomic E-state index is -0.861. The molecule has 3 rings (SSSR count). The van der Waals surface area contributed by atoms with Crippen LogP contribution in [-0.4, -0.2) is 87.8 Å². The van der Waals surface area contributed by atoms with Crippen LogP contribution < -0.4 is 20.1 Å². The number of hydrogen-bond donors (Lipinski definition) is 4. The molecule has 2 aromatic heterocycles. The van der Waals surface area contributed by atoms with Gasteiger partial charge in [-0.15, -0.1) is 0 Å². The molecule has 1 saturated heterocycles. The predicted molar refractivity (Wildman–Crippen MR) is 129 cm³/mol. The molecular formula is C23H34N6O6. The van der Waals surface area contributed by atoms with E-state index >= 15 is 0 Å². The van der Waals surface area contributed by atoms with Crippen molar-refractivity contribution >= 4 is 23.4 Å². The van der Waals surface area contributed by atoms with Crippen LogP contribution in [0.5, 0.6) is 11.6 Å². The van der Waals surface area contributed by atoms with Crippen LogP contribution in [0.25, 0.3) is 0 Å². The molecule has 0 aliphatic carbocycles. The molecule has 1 aliphatic rings. The zero-order valence-corrected chi connectivity index (χ0v) is 20.5. The van der Waals surface area contributed by atoms with Crippen LogP contribution in [0.3, 0.4) is 0 Å². The molecule has 4 N–H and O–H groups in total. The number of nitrogens with zero attached hydrogens (tertiary/aromatic N) is 4. The predicted octanol–water partition coefficient (Wildman–Crippen LogP) is 2.09. The summed E-state index contributed by atoms with van der Waals surface area (Å²) in [5, 5.41) is 24.6. The van der Waals surface area contributed by atoms with Gasteiger partial charge >= 0.3 is 6.09 Å². The van der Waals surface area contributed by atoms with E-state index in [1.807, 2.05) is 26.8 Å². The molecule has 0 radical (unpaired) electrons. The lowest BCUT2D eigenvalue weighted by Gasteiger charge is -2.31. The average Bonchev–Trinajstić information content (AvgIpc) is 2.84. The quantitative estimate of drug-likeness (QED) is 0.387. The molecule has 1 amide bonds. The molecule has 12 heteroatoms. The number of anilines is 3. The molecule has 0 unspecified atom stereocenters. The summed E-state index contributed by atoms with van der Waals surface area (Å²) in [4.78, 5) is 26.8. The van der Waals surface area contributed by atoms with E-state index in [1.54, 1.807) is 11.0 Å². The van der Waals surface area contributed by atoms with Gasteiger partial charge in [0, 0.05) is 32.5 Å². The summed E-state index contributed by atoms with van der Waals surface area (Å²) < 4.78 is 16.9. The van der Waals surface area contributed by atoms with Crippen molar-refractivity contribution in [2.24, 2.45) is 0 Å². The molecule has 192 valence electrons. The highest BCUT2D eigenvalue weighted by atomic mass is 16.6. The third-order valence-electron chi connectivity index (χ3n) is 5.36. The Morgan fingerprint density at radius 3 is 2.63 bits per heavy atom. The number of aromatic nitrogens is 3. The Kier molecular flexibility index (Phi) is 9.26. The van der Waals surface area contributed by atoms with E-state index in [2.05, 4.69) is 25.6 Å². The van der Waals surface area contributed by atoms with E-state index in [4.69, 9.17) is 19.3 Å². The second-order valence-electron chi connectivity index (χ2n) is 8.47. The van der Waals surface area contributed by atoms with Crippen LogP contribution in [-0.2, 0) is 4.74 Å². The van der Waals surface area contributed by atoms with Crippen LogP contribution in [0.1, 0.15) is 32.4 Å². The number of amides is 1. The Morgan fingerprint density at radius 2 is 2.00 bits per heavy atom. The Labute approximate surface area is 204 Å². The van der Waals surface area contributed by atoms with Gasteiger partial charge in [-0.3, -0.25) is 0 Å². The average molecular weight is 491 g/mol. The number of rotatable bonds is 10. The summed E-state index contributed by atoms with van der Waals surface area (Å²) in [6.07, 6.45) is 1.23. The van der Waals surface area contributed by atoms with Gasteiger partial charge in [-0.05, 0) is 32.9 Å². The molecule has 0 spiro atoms. The zero-order valence-electron chi connectivity index (χ0n) is 20.5. The van der Waals surface area contributed by atoms with Crippen molar-refractivity contribution in [3.63, 3.8) is 0 Å². The first kappa shape index (κ1) is 26.2. The van der Waals surface area contributed by atoms with Gasteiger partial charge in [-0.2, -0.15) is 4.98 Å². The van der Waals surface area contributed by atoms with Gasteiger partial charge in [-0.25, -0.2) is 14.8 Å². The van der Waals surface area contributed by atoms with Gasteiger partial charge in [0.1, 0.15) is 18.2 Å². The number of likely N-dealkylation sites (tertiary alicyclic amines) is 1. The molecular weight excluding hydrogens is 456 g/mol. The topological polar surface area (TPSA) is 151 Å². The first-order valence-electron chi connectivity index (χ1n) is 11.6. The first-order valence-corrected chi connectivity index (χ1v) is 11.6. The third-order valence-corrected chi connectivity index (χ3v) is 5.36. The van der Waals surface area contributed by atoms with Crippen molar-refractivity contribution in [3.8, 4) is 11.6 Å². The number of ether oxygens (including phenoxy) is 3. The highest BCUT2D eigenvalue weighted by molar-refractivity contribution is 5.68. The summed E-state index contributed by atoms with van der Waals surface area (Å²) in [7, 11) is 1.52. The zero-order chi connectivity index (χ0) is 25.4. The van der Waals surface area contributed by atoms with Gasteiger partial charge in [0.05, 0.1) is 37.3 Å². The number of piperidine rings is 1. The molecule has 0 saturated carbocycles. The molecule has 2 aromatic rings. The maximum Gasteiger partial charge on any atom is 0.410 e. The lowest BCUT2D eigenvalue weighted by Crippen LogP contribution is -2.42. The lowest BCUT2D eigenvalue weighted by molar-refractivity contribution is 0.0500. The molecule has 12 nitrogen and oxygen atoms in total. The maximum absolute atomic E-state index is 12.1. The summed E-state index contributed by atoms with van der Waals surface area (Å²) in [6.45, 7) is 6.42. The Bertz CT molecular complexity index is 983. The number of hydrogen-bond acceptors (Lipinski definition) is 11. The van der Waals surface area contributed by atoms with E-state index < -0.39 is 6.10 Å². The van der Waals surface area contributed by atoms with Crippen LogP contribution in [0.4, 0.5) is 22.1 Å². The van der Waals surface area contributed by atoms with E-state index in [0.29, 0.717) is 60.6 Å². The molecule has 1 aliphatic heterocycles. The Balaban J connectivity index is 1.64. The minimum Gasteiger partial charge on any atom is -0.489 e. The number of carbonyl (C=O) groups excluding carboxylic acids is 1. The monoisotopic (exact) mass is 490 g/mol. The highest BCUT2D eigenvalue weighted by Crippen LogP contribution is 2.35. The van der Waals surface area contributed by atoms with E-state index in [-0.39, 0.29) is 31.5 Å². The molecule has 0 aromatic carbocycles. The van der Waals surface area contributed by atoms with Gasteiger partial charge in [0.2, 0.25) is 5.75 Å². The number of pyridine rings is 1. The normalized spacial score (nSPS) is 15.0. The second-order valence-corrected chi connectivity index (χ2v) is 8.47. The number of nitrogens with one attached hydrogen (secondary N) is 2. The molecule has 3 heterocycles. The first-order chi connectivity index (χ1) is 16.8. The van der Waals surface area contributed by atoms with E-state index in [9.17, 15) is 9.90 Å². The fraction of sp³-hybridized carbons (Fsp3) is 0.565. The van der Waals surface area contributed by atoms with Gasteiger partial charge in [-0.1, -0.05) is 0 Å². The van der Waals surface area contributed by atoms with Gasteiger partial charge < -0.3 is 40.0 Å². The van der Waals surface area contributed by atoms with Gasteiger partial charge in [0.25, 0.3) is 5.88 Å². The molecule has 0 bridgehead atoms. The van der Waals surface area contributed by atoms with Gasteiger partial charge in [0.15, 0.2) is 5.82 Å². The second kappa shape index (κ2) is 12.4. The fourth-order valence-corrected chi connectivity index (χ4v) is 3.51. The van der Waals surface area contributed by atoms with E-state index in [0.717, 1.165) is 0 Å². The SMILES string of the molecule is COc1c(Nc2ccc(NC[C@H](O)CO)nc2C)ncnc1OC1CCN(C(=O)OC(C)C)CC1. The number of aryl methyl sites for hydroxylation is 1. The van der Waals surface area contributed by atoms with Crippen molar-refractivity contribution < 1.29 is 29.2 Å². The van der Waals surface area contributed by atoms with Crippen molar-refractivity contribution in [1.29, 1.82) is 0 Å². The largest absolute Gasteiger partial charge is 0.489 e. The maximum atomic E-state index is 12.1. The number of carbonyl (C=O) groups is 1. The van der Waals surface area contributed by atoms with Crippen molar-refractivity contribution in [2.45, 2.75) is 51.9 Å². The minimum absolute atomic E-state index is 0.127. The molecule has 1 atom stereocenters. The smallest absolute Gasteiger partial charge is 0.410 e. The molecule has 1 fully saturated rings. The Morgan fingerprint density at radius 1 is 1.26 bits per heavy atom. The van der Waals surface area contributed by atoms with Crippen molar-refractivity contribution in [1.82, 2.24) is 19.9 Å². The fourth-order valence-electron chi connectivity index (χ4n) is 3.51. The van der Waals surface area contributed by atoms with Crippen molar-refractivity contribution in [2.75, 3.05) is 44.0 Å². The summed E-state index contributed by atoms with van der Waals surface area (Å²) >= 11 is 0. The summed E-state index contributed by atoms with van der Waals surface area (Å²) in [6, 6.07) is 3.58. The number of aliphatic hydroxyl groups is 2. The Hall–Kier alpha value is -3.38. The summed E-state index contributed by atoms with van der Waals surface area (Å²) in [5.41, 5.74) is 1.40. The van der Waals surface area contributed by atoms with Crippen LogP contribution in [0, 0.1) is 6.92 Å². The van der Waals surface area contributed by atoms with Crippen LogP contribution in [0.2, 0.25) is 0 Å². The van der Waals surface area contributed by atoms with Crippen molar-refractivity contribution in [3.05, 3.63) is 24.2 Å². The van der Waals surface area contributed by atoms with Crippen LogP contribution >= 0.6 is 0 Å². The highest BCUT2D eigenvalue weighted by Gasteiger charge is 2.27. The van der Waals surface area contributed by atoms with E-state index in [1.165, 1.54) is 13.4 Å². The van der Waals surface area contributed by atoms with Crippen LogP contribution in [0.15, 0.2) is 18.5 Å². The summed E-state index contributed by atoms with van der Waals surface area (Å²) in [5.74, 6) is 1.68. The lowest BCUT2D eigenvalue weighted by atomic mass is 10.1. The third kappa shape index (κ3) is 7.30. The standard InChI is InChI=1S/C23H34N6O6/c1-14(2)34-23(32)29-9-7-17(8-10-29)35-22-20(33-4)21(25-13-26-22)28-18-5-6-19(27-15(18)3)24-11-16(31)12-30/h5-6,13-14,16-17,30-31H,7-12H2,1-4H3,(H,24,27)(H,25,26,28)/t16-/m0/s1. The number of methoxy groups -OCH3 is 1. The molecule has 35 heavy (non-hydrogen) atoms.